The number of halogens is 3. The summed E-state index contributed by atoms with van der Waals surface area (Å²) in [5, 5.41) is 3.75. The summed E-state index contributed by atoms with van der Waals surface area (Å²) in [5.41, 5.74) is 0.707. The Morgan fingerprint density at radius 3 is 2.15 bits per heavy atom. The Kier molecular flexibility index (Phi) is 5.88. The van der Waals surface area contributed by atoms with Crippen molar-refractivity contribution in [1.82, 2.24) is 0 Å². The third kappa shape index (κ3) is 4.19. The summed E-state index contributed by atoms with van der Waals surface area (Å²) >= 11 is 20.1. The van der Waals surface area contributed by atoms with Gasteiger partial charge in [-0.15, -0.1) is 23.4 Å². The molecule has 0 saturated heterocycles. The molecule has 0 nitrogen and oxygen atoms in total. The zero-order valence-electron chi connectivity index (χ0n) is 11.1. The van der Waals surface area contributed by atoms with Gasteiger partial charge in [0.2, 0.25) is 0 Å². The quantitative estimate of drug-likeness (QED) is 0.391. The summed E-state index contributed by atoms with van der Waals surface area (Å²) in [5.74, 6) is 0. The molecule has 0 aromatic heterocycles. The lowest BCUT2D eigenvalue weighted by atomic mass is 10.4. The van der Waals surface area contributed by atoms with E-state index >= 15 is 0 Å². The zero-order valence-corrected chi connectivity index (χ0v) is 15.2. The number of hydrogen-bond acceptors (Lipinski definition) is 1. The topological polar surface area (TPSA) is 0 Å². The SMILES string of the molecule is C[Si](CCl)(CSc1cc(Cl)cc(Cl)c1)c1ccccc1. The molecule has 2 rings (SSSR count). The minimum atomic E-state index is -1.67. The molecule has 0 N–H and O–H groups in total. The van der Waals surface area contributed by atoms with E-state index in [1.807, 2.05) is 18.2 Å². The highest BCUT2D eigenvalue weighted by molar-refractivity contribution is 8.01. The first kappa shape index (κ1) is 16.3. The minimum Gasteiger partial charge on any atom is -0.130 e. The van der Waals surface area contributed by atoms with Gasteiger partial charge in [0, 0.05) is 20.4 Å². The Balaban J connectivity index is 2.15. The van der Waals surface area contributed by atoms with Gasteiger partial charge in [-0.05, 0) is 23.6 Å². The molecule has 0 saturated carbocycles. The molecule has 0 bridgehead atoms. The van der Waals surface area contributed by atoms with E-state index < -0.39 is 8.07 Å². The molecule has 2 aromatic carbocycles. The maximum atomic E-state index is 6.27. The standard InChI is InChI=1S/C15H15Cl3SSi/c1-20(10-16,15-5-3-2-4-6-15)11-19-14-8-12(17)7-13(18)9-14/h2-9H,10-11H2,1H3. The molecule has 0 aliphatic rings. The van der Waals surface area contributed by atoms with Crippen LogP contribution in [0.1, 0.15) is 0 Å². The van der Waals surface area contributed by atoms with Crippen molar-refractivity contribution in [2.75, 3.05) is 10.9 Å². The van der Waals surface area contributed by atoms with Crippen molar-refractivity contribution in [3.05, 3.63) is 58.6 Å². The third-order valence-electron chi connectivity index (χ3n) is 3.16. The minimum absolute atomic E-state index is 0.675. The van der Waals surface area contributed by atoms with Crippen LogP contribution in [0.5, 0.6) is 0 Å². The third-order valence-corrected chi connectivity index (χ3v) is 11.4. The van der Waals surface area contributed by atoms with Crippen molar-refractivity contribution in [2.45, 2.75) is 11.4 Å². The van der Waals surface area contributed by atoms with Crippen LogP contribution in [0.2, 0.25) is 16.6 Å². The van der Waals surface area contributed by atoms with Crippen LogP contribution in [-0.4, -0.2) is 19.0 Å². The predicted molar refractivity (Wildman–Crippen MR) is 95.6 cm³/mol. The lowest BCUT2D eigenvalue weighted by Crippen LogP contribution is -2.50. The van der Waals surface area contributed by atoms with E-state index in [2.05, 4.69) is 30.8 Å². The Hall–Kier alpha value is -0.123. The van der Waals surface area contributed by atoms with Crippen molar-refractivity contribution in [1.29, 1.82) is 0 Å². The van der Waals surface area contributed by atoms with Gasteiger partial charge >= 0.3 is 0 Å². The highest BCUT2D eigenvalue weighted by Gasteiger charge is 2.28. The number of alkyl halides is 1. The normalized spacial score (nSPS) is 14.0. The molecule has 5 heteroatoms. The molecule has 1 unspecified atom stereocenters. The number of hydrogen-bond donors (Lipinski definition) is 0. The number of thioether (sulfide) groups is 1. The largest absolute Gasteiger partial charge is 0.130 e. The molecule has 2 aromatic rings. The summed E-state index contributed by atoms with van der Waals surface area (Å²) in [4.78, 5) is 1.10. The number of rotatable bonds is 5. The molecule has 0 amide bonds. The second-order valence-electron chi connectivity index (χ2n) is 4.95. The van der Waals surface area contributed by atoms with Crippen molar-refractivity contribution >= 4 is 59.8 Å². The zero-order chi connectivity index (χ0) is 14.6. The molecule has 20 heavy (non-hydrogen) atoms. The van der Waals surface area contributed by atoms with Gasteiger partial charge in [0.15, 0.2) is 0 Å². The van der Waals surface area contributed by atoms with Crippen LogP contribution in [0.4, 0.5) is 0 Å². The van der Waals surface area contributed by atoms with Gasteiger partial charge < -0.3 is 0 Å². The van der Waals surface area contributed by atoms with Gasteiger partial charge in [-0.25, -0.2) is 0 Å². The average Bonchev–Trinajstić information content (AvgIpc) is 2.45. The van der Waals surface area contributed by atoms with E-state index in [-0.39, 0.29) is 0 Å². The summed E-state index contributed by atoms with van der Waals surface area (Å²) in [6.45, 7) is 2.31. The van der Waals surface area contributed by atoms with Crippen LogP contribution in [0.25, 0.3) is 0 Å². The molecular weight excluding hydrogens is 347 g/mol. The van der Waals surface area contributed by atoms with Gasteiger partial charge in [-0.1, -0.05) is 65.3 Å². The van der Waals surface area contributed by atoms with Crippen LogP contribution >= 0.6 is 46.6 Å². The van der Waals surface area contributed by atoms with Gasteiger partial charge in [-0.3, -0.25) is 0 Å². The van der Waals surface area contributed by atoms with Gasteiger partial charge in [0.1, 0.15) is 8.07 Å². The lowest BCUT2D eigenvalue weighted by Gasteiger charge is -2.25. The molecule has 0 aliphatic carbocycles. The van der Waals surface area contributed by atoms with Crippen LogP contribution in [-0.2, 0) is 0 Å². The van der Waals surface area contributed by atoms with Gasteiger partial charge in [-0.2, -0.15) is 0 Å². The molecular formula is C15H15Cl3SSi. The van der Waals surface area contributed by atoms with Gasteiger partial charge in [0.05, 0.1) is 0 Å². The highest BCUT2D eigenvalue weighted by Crippen LogP contribution is 2.28. The Bertz CT molecular complexity index is 556. The Labute approximate surface area is 140 Å². The summed E-state index contributed by atoms with van der Waals surface area (Å²) in [6.07, 6.45) is 0. The maximum Gasteiger partial charge on any atom is 0.109 e. The Morgan fingerprint density at radius 2 is 1.60 bits per heavy atom. The van der Waals surface area contributed by atoms with E-state index in [9.17, 15) is 0 Å². The second-order valence-corrected chi connectivity index (χ2v) is 12.5. The fourth-order valence-electron chi connectivity index (χ4n) is 1.89. The van der Waals surface area contributed by atoms with Crippen LogP contribution in [0.15, 0.2) is 53.4 Å². The van der Waals surface area contributed by atoms with Crippen LogP contribution in [0.3, 0.4) is 0 Å². The highest BCUT2D eigenvalue weighted by atomic mass is 35.5. The van der Waals surface area contributed by atoms with Crippen molar-refractivity contribution in [3.63, 3.8) is 0 Å². The molecule has 0 heterocycles. The molecule has 106 valence electrons. The Morgan fingerprint density at radius 1 is 1.00 bits per heavy atom. The maximum absolute atomic E-state index is 6.27. The lowest BCUT2D eigenvalue weighted by molar-refractivity contribution is 1.46. The predicted octanol–water partition coefficient (Wildman–Crippen LogP) is 5.39. The molecule has 0 aliphatic heterocycles. The summed E-state index contributed by atoms with van der Waals surface area (Å²) in [6, 6.07) is 16.2. The monoisotopic (exact) mass is 360 g/mol. The smallest absolute Gasteiger partial charge is 0.109 e. The van der Waals surface area contributed by atoms with Crippen molar-refractivity contribution in [2.24, 2.45) is 0 Å². The summed E-state index contributed by atoms with van der Waals surface area (Å²) < 4.78 is 0. The molecule has 0 radical (unpaired) electrons. The average molecular weight is 362 g/mol. The fourth-order valence-corrected chi connectivity index (χ4v) is 8.20. The van der Waals surface area contributed by atoms with E-state index in [4.69, 9.17) is 34.8 Å². The first-order valence-electron chi connectivity index (χ1n) is 6.24. The molecule has 0 spiro atoms. The second kappa shape index (κ2) is 7.23. The van der Waals surface area contributed by atoms with E-state index in [1.54, 1.807) is 17.8 Å². The van der Waals surface area contributed by atoms with E-state index in [0.717, 1.165) is 10.3 Å². The fraction of sp³-hybridized carbons (Fsp3) is 0.200. The van der Waals surface area contributed by atoms with Crippen LogP contribution < -0.4 is 5.19 Å². The van der Waals surface area contributed by atoms with Crippen molar-refractivity contribution < 1.29 is 0 Å². The number of benzene rings is 2. The van der Waals surface area contributed by atoms with E-state index in [1.165, 1.54) is 5.19 Å². The molecule has 0 fully saturated rings. The first-order valence-corrected chi connectivity index (χ1v) is 11.4. The van der Waals surface area contributed by atoms with Crippen LogP contribution in [0, 0.1) is 0 Å². The summed E-state index contributed by atoms with van der Waals surface area (Å²) in [7, 11) is -1.67. The first-order chi connectivity index (χ1) is 9.53. The van der Waals surface area contributed by atoms with E-state index in [0.29, 0.717) is 15.5 Å². The molecule has 1 atom stereocenters. The van der Waals surface area contributed by atoms with Gasteiger partial charge in [0.25, 0.3) is 0 Å². The van der Waals surface area contributed by atoms with Crippen molar-refractivity contribution in [3.8, 4) is 0 Å².